The highest BCUT2D eigenvalue weighted by Gasteiger charge is 2.12. The molecule has 0 aliphatic carbocycles. The summed E-state index contributed by atoms with van der Waals surface area (Å²) in [4.78, 5) is 17.9. The van der Waals surface area contributed by atoms with Gasteiger partial charge >= 0.3 is 0 Å². The summed E-state index contributed by atoms with van der Waals surface area (Å²) in [6.45, 7) is 0.504. The van der Waals surface area contributed by atoms with Crippen LogP contribution in [0.1, 0.15) is 33.6 Å². The fourth-order valence-electron chi connectivity index (χ4n) is 2.65. The van der Waals surface area contributed by atoms with Crippen molar-refractivity contribution < 1.29 is 13.6 Å². The number of hydrogen-bond donors (Lipinski definition) is 1. The molecule has 3 nitrogen and oxygen atoms in total. The van der Waals surface area contributed by atoms with Crippen LogP contribution in [0, 0.1) is 11.6 Å². The maximum atomic E-state index is 13.2. The zero-order chi connectivity index (χ0) is 19.8. The number of rotatable bonds is 9. The highest BCUT2D eigenvalue weighted by Crippen LogP contribution is 2.22. The van der Waals surface area contributed by atoms with Gasteiger partial charge in [0.15, 0.2) is 11.6 Å². The molecule has 1 amide bonds. The molecule has 0 aliphatic heterocycles. The summed E-state index contributed by atoms with van der Waals surface area (Å²) in [6, 6.07) is 11.5. The van der Waals surface area contributed by atoms with Gasteiger partial charge in [-0.25, -0.2) is 13.8 Å². The summed E-state index contributed by atoms with van der Waals surface area (Å²) >= 11 is 3.14. The quantitative estimate of drug-likeness (QED) is 0.370. The number of carbonyl (C=O) groups is 1. The predicted molar refractivity (Wildman–Crippen MR) is 110 cm³/mol. The minimum atomic E-state index is -0.820. The molecule has 0 spiro atoms. The van der Waals surface area contributed by atoms with Gasteiger partial charge in [0.25, 0.3) is 5.91 Å². The number of carbonyl (C=O) groups excluding carboxylic acids is 1. The summed E-state index contributed by atoms with van der Waals surface area (Å²) in [5.74, 6) is -0.963. The van der Waals surface area contributed by atoms with Gasteiger partial charge in [0.2, 0.25) is 0 Å². The Kier molecular flexibility index (Phi) is 7.56. The van der Waals surface area contributed by atoms with E-state index in [1.807, 2.05) is 17.5 Å². The molecule has 7 heteroatoms. The van der Waals surface area contributed by atoms with E-state index in [2.05, 4.69) is 10.3 Å². The van der Waals surface area contributed by atoms with Crippen LogP contribution in [-0.4, -0.2) is 16.6 Å². The summed E-state index contributed by atoms with van der Waals surface area (Å²) in [6.07, 6.45) is 4.11. The van der Waals surface area contributed by atoms with Crippen molar-refractivity contribution in [3.63, 3.8) is 0 Å². The molecule has 3 rings (SSSR count). The van der Waals surface area contributed by atoms with Crippen molar-refractivity contribution in [2.24, 2.45) is 0 Å². The molecule has 2 heterocycles. The molecular weight excluding hydrogens is 398 g/mol. The largest absolute Gasteiger partial charge is 0.347 e. The van der Waals surface area contributed by atoms with Gasteiger partial charge in [0, 0.05) is 11.1 Å². The average Bonchev–Trinajstić information content (AvgIpc) is 3.22. The Morgan fingerprint density at radius 1 is 1.11 bits per heavy atom. The van der Waals surface area contributed by atoms with Crippen molar-refractivity contribution in [1.82, 2.24) is 10.3 Å². The van der Waals surface area contributed by atoms with E-state index in [9.17, 15) is 13.6 Å². The fourth-order valence-corrected chi connectivity index (χ4v) is 4.29. The van der Waals surface area contributed by atoms with Crippen LogP contribution < -0.4 is 5.32 Å². The van der Waals surface area contributed by atoms with E-state index < -0.39 is 11.6 Å². The van der Waals surface area contributed by atoms with Gasteiger partial charge in [0.1, 0.15) is 5.03 Å². The van der Waals surface area contributed by atoms with Crippen molar-refractivity contribution in [2.75, 3.05) is 5.75 Å². The van der Waals surface area contributed by atoms with E-state index >= 15 is 0 Å². The number of thiophene rings is 1. The Hall–Kier alpha value is -2.25. The number of hydrogen-bond acceptors (Lipinski definition) is 4. The van der Waals surface area contributed by atoms with Crippen LogP contribution in [0.3, 0.4) is 0 Å². The van der Waals surface area contributed by atoms with Crippen molar-refractivity contribution in [1.29, 1.82) is 0 Å². The van der Waals surface area contributed by atoms with Gasteiger partial charge in [-0.05, 0) is 66.3 Å². The molecule has 0 aliphatic rings. The number of pyridine rings is 1. The van der Waals surface area contributed by atoms with Crippen molar-refractivity contribution in [3.05, 3.63) is 81.7 Å². The molecular formula is C21H20F2N2OS2. The summed E-state index contributed by atoms with van der Waals surface area (Å²) in [5, 5.41) is 5.61. The number of nitrogens with zero attached hydrogens (tertiary/aromatic N) is 1. The van der Waals surface area contributed by atoms with E-state index in [1.165, 1.54) is 17.8 Å². The Morgan fingerprint density at radius 3 is 2.79 bits per heavy atom. The van der Waals surface area contributed by atoms with Crippen LogP contribution >= 0.6 is 23.1 Å². The first-order valence-corrected chi connectivity index (χ1v) is 10.8. The summed E-state index contributed by atoms with van der Waals surface area (Å²) in [7, 11) is 0. The number of thioether (sulfide) groups is 1. The Labute approximate surface area is 171 Å². The maximum Gasteiger partial charge on any atom is 0.254 e. The first-order valence-electron chi connectivity index (χ1n) is 8.96. The third-order valence-corrected chi connectivity index (χ3v) is 6.07. The molecule has 3 aromatic rings. The summed E-state index contributed by atoms with van der Waals surface area (Å²) in [5.41, 5.74) is 1.36. The Bertz CT molecular complexity index is 917. The second-order valence-electron chi connectivity index (χ2n) is 6.17. The Morgan fingerprint density at radius 2 is 2.00 bits per heavy atom. The van der Waals surface area contributed by atoms with Gasteiger partial charge < -0.3 is 5.32 Å². The third-order valence-electron chi connectivity index (χ3n) is 4.10. The zero-order valence-corrected chi connectivity index (χ0v) is 16.8. The number of aromatic nitrogens is 1. The van der Waals surface area contributed by atoms with Crippen molar-refractivity contribution in [2.45, 2.75) is 30.8 Å². The number of nitrogens with one attached hydrogen (secondary N) is 1. The van der Waals surface area contributed by atoms with Crippen LogP contribution in [0.15, 0.2) is 59.1 Å². The number of benzene rings is 1. The lowest BCUT2D eigenvalue weighted by Crippen LogP contribution is -2.23. The van der Waals surface area contributed by atoms with Crippen LogP contribution in [0.4, 0.5) is 8.78 Å². The normalized spacial score (nSPS) is 10.8. The molecule has 28 heavy (non-hydrogen) atoms. The molecule has 0 radical (unpaired) electrons. The first kappa shape index (κ1) is 20.5. The van der Waals surface area contributed by atoms with Crippen LogP contribution in [-0.2, 0) is 13.0 Å². The molecule has 146 valence electrons. The topological polar surface area (TPSA) is 42.0 Å². The van der Waals surface area contributed by atoms with E-state index in [-0.39, 0.29) is 5.91 Å². The van der Waals surface area contributed by atoms with Crippen LogP contribution in [0.5, 0.6) is 0 Å². The van der Waals surface area contributed by atoms with Crippen molar-refractivity contribution >= 4 is 29.0 Å². The molecule has 1 N–H and O–H groups in total. The van der Waals surface area contributed by atoms with Gasteiger partial charge in [-0.1, -0.05) is 12.1 Å². The molecule has 2 aromatic heterocycles. The average molecular weight is 419 g/mol. The minimum Gasteiger partial charge on any atom is -0.347 e. The zero-order valence-electron chi connectivity index (χ0n) is 15.2. The highest BCUT2D eigenvalue weighted by molar-refractivity contribution is 7.99. The van der Waals surface area contributed by atoms with Crippen LogP contribution in [0.25, 0.3) is 0 Å². The lowest BCUT2D eigenvalue weighted by atomic mass is 10.1. The van der Waals surface area contributed by atoms with Gasteiger partial charge in [-0.2, -0.15) is 0 Å². The first-order chi connectivity index (χ1) is 13.6. The molecule has 0 bridgehead atoms. The maximum absolute atomic E-state index is 13.2. The van der Waals surface area contributed by atoms with E-state index in [4.69, 9.17) is 0 Å². The van der Waals surface area contributed by atoms with E-state index in [1.54, 1.807) is 35.7 Å². The van der Waals surface area contributed by atoms with Gasteiger partial charge in [0.05, 0.1) is 12.1 Å². The van der Waals surface area contributed by atoms with Gasteiger partial charge in [-0.3, -0.25) is 4.79 Å². The fraction of sp³-hybridized carbons (Fsp3) is 0.238. The lowest BCUT2D eigenvalue weighted by molar-refractivity contribution is 0.0947. The second kappa shape index (κ2) is 10.3. The number of amides is 1. The van der Waals surface area contributed by atoms with Gasteiger partial charge in [-0.15, -0.1) is 23.1 Å². The highest BCUT2D eigenvalue weighted by atomic mass is 32.2. The molecule has 0 saturated carbocycles. The summed E-state index contributed by atoms with van der Waals surface area (Å²) < 4.78 is 26.2. The molecule has 1 aromatic carbocycles. The van der Waals surface area contributed by atoms with E-state index in [0.717, 1.165) is 35.1 Å². The Balaban J connectivity index is 1.46. The molecule has 0 saturated heterocycles. The van der Waals surface area contributed by atoms with E-state index in [0.29, 0.717) is 23.6 Å². The van der Waals surface area contributed by atoms with Crippen LogP contribution in [0.2, 0.25) is 0 Å². The minimum absolute atomic E-state index is 0.134. The number of unbranched alkanes of at least 4 members (excludes halogenated alkanes) is 1. The third kappa shape index (κ3) is 5.87. The second-order valence-corrected chi connectivity index (χ2v) is 8.29. The monoisotopic (exact) mass is 418 g/mol. The molecule has 0 fully saturated rings. The SMILES string of the molecule is O=C(NCc1cccs1)c1cccnc1SCCCCc1ccc(F)c(F)c1. The van der Waals surface area contributed by atoms with Crippen molar-refractivity contribution in [3.8, 4) is 0 Å². The predicted octanol–water partition coefficient (Wildman–Crippen LogP) is 5.47. The number of aryl methyl sites for hydroxylation is 1. The molecule has 0 unspecified atom stereocenters. The molecule has 0 atom stereocenters. The lowest BCUT2D eigenvalue weighted by Gasteiger charge is -2.08. The number of halogens is 2. The standard InChI is InChI=1S/C21H20F2N2OS2/c22-18-9-8-15(13-19(18)23)5-1-2-11-28-21-17(7-3-10-24-21)20(26)25-14-16-6-4-12-27-16/h3-4,6-10,12-13H,1-2,5,11,14H2,(H,25,26). The smallest absolute Gasteiger partial charge is 0.254 e.